The van der Waals surface area contributed by atoms with Crippen LogP contribution in [-0.4, -0.2) is 0 Å². The van der Waals surface area contributed by atoms with Gasteiger partial charge in [-0.2, -0.15) is 0 Å². The number of allylic oxidation sites excluding steroid dienone is 2. The van der Waals surface area contributed by atoms with Crippen molar-refractivity contribution in [1.82, 2.24) is 0 Å². The van der Waals surface area contributed by atoms with Gasteiger partial charge < -0.3 is 0 Å². The van der Waals surface area contributed by atoms with Gasteiger partial charge in [-0.25, -0.2) is 0 Å². The largest absolute Gasteiger partial charge is 0.0991 e. The summed E-state index contributed by atoms with van der Waals surface area (Å²) in [5.41, 5.74) is 8.38. The van der Waals surface area contributed by atoms with Gasteiger partial charge in [-0.15, -0.1) is 0 Å². The van der Waals surface area contributed by atoms with Crippen LogP contribution in [0.3, 0.4) is 0 Å². The van der Waals surface area contributed by atoms with E-state index < -0.39 is 0 Å². The topological polar surface area (TPSA) is 0 Å². The number of hydrogen-bond acceptors (Lipinski definition) is 0. The first-order chi connectivity index (χ1) is 18.3. The molecule has 0 N–H and O–H groups in total. The molecule has 0 aliphatic rings. The summed E-state index contributed by atoms with van der Waals surface area (Å²) in [6.07, 6.45) is 7.96. The second kappa shape index (κ2) is 21.7. The zero-order chi connectivity index (χ0) is 28.8. The molecule has 0 radical (unpaired) electrons. The minimum absolute atomic E-state index is 1.14. The Morgan fingerprint density at radius 1 is 0.526 bits per heavy atom. The van der Waals surface area contributed by atoms with Gasteiger partial charge in [-0.05, 0) is 78.6 Å². The standard InChI is InChI=1S/C12H12.C10H14.C9H12.C4H6.C3H8/c1-9-5-3-7-11-8-4-6-10(2)12(9)11;1-3-9-6-5-7-10(4-2)8-9;1-3-9-6-4-8(2)5-7-9;1-3-4-2;1-3-2/h3-8H,1-2H3;5-8H,3-4H2,1-2H3;4-7H,3H2,1-2H3;3-4H,1-2H2;3H2,1-2H3. The van der Waals surface area contributed by atoms with Crippen LogP contribution in [0.4, 0.5) is 0 Å². The third-order valence-electron chi connectivity index (χ3n) is 5.82. The molecule has 0 amide bonds. The van der Waals surface area contributed by atoms with Gasteiger partial charge in [0, 0.05) is 0 Å². The predicted molar refractivity (Wildman–Crippen MR) is 176 cm³/mol. The van der Waals surface area contributed by atoms with Crippen molar-refractivity contribution in [3.05, 3.63) is 144 Å². The van der Waals surface area contributed by atoms with E-state index in [2.05, 4.69) is 153 Å². The first-order valence-corrected chi connectivity index (χ1v) is 14.1. The SMILES string of the molecule is C=CC=C.CCC.CCc1ccc(C)cc1.CCc1cccc(CC)c1.Cc1cccc2cccc(C)c12. The summed E-state index contributed by atoms with van der Waals surface area (Å²) in [7, 11) is 0. The highest BCUT2D eigenvalue weighted by Gasteiger charge is 1.97. The van der Waals surface area contributed by atoms with Gasteiger partial charge in [0.25, 0.3) is 0 Å². The zero-order valence-electron chi connectivity index (χ0n) is 25.5. The predicted octanol–water partition coefficient (Wildman–Crippen LogP) is 11.6. The molecule has 4 aromatic rings. The third kappa shape index (κ3) is 14.4. The quantitative estimate of drug-likeness (QED) is 0.240. The van der Waals surface area contributed by atoms with E-state index in [-0.39, 0.29) is 0 Å². The summed E-state index contributed by atoms with van der Waals surface area (Å²) < 4.78 is 0. The molecule has 0 heteroatoms. The van der Waals surface area contributed by atoms with Crippen LogP contribution in [0.2, 0.25) is 0 Å². The molecule has 0 aliphatic carbocycles. The van der Waals surface area contributed by atoms with Crippen LogP contribution in [-0.2, 0) is 19.3 Å². The number of benzene rings is 4. The van der Waals surface area contributed by atoms with Crippen molar-refractivity contribution >= 4 is 10.8 Å². The van der Waals surface area contributed by atoms with Crippen LogP contribution < -0.4 is 0 Å². The van der Waals surface area contributed by atoms with Crippen molar-refractivity contribution in [2.24, 2.45) is 0 Å². The Morgan fingerprint density at radius 3 is 1.26 bits per heavy atom. The Bertz CT molecular complexity index is 1100. The molecule has 0 aromatic heterocycles. The zero-order valence-corrected chi connectivity index (χ0v) is 25.5. The van der Waals surface area contributed by atoms with Gasteiger partial charge in [-0.3, -0.25) is 0 Å². The van der Waals surface area contributed by atoms with Crippen LogP contribution in [0.25, 0.3) is 10.8 Å². The molecule has 0 spiro atoms. The molecule has 4 rings (SSSR count). The lowest BCUT2D eigenvalue weighted by atomic mass is 10.0. The summed E-state index contributed by atoms with van der Waals surface area (Å²) in [6.45, 7) is 24.0. The summed E-state index contributed by atoms with van der Waals surface area (Å²) in [4.78, 5) is 0. The van der Waals surface area contributed by atoms with Crippen LogP contribution in [0, 0.1) is 20.8 Å². The average molecular weight is 509 g/mol. The Morgan fingerprint density at radius 2 is 0.921 bits per heavy atom. The Labute approximate surface area is 235 Å². The van der Waals surface area contributed by atoms with E-state index in [0.29, 0.717) is 0 Å². The molecule has 0 saturated carbocycles. The second-order valence-corrected chi connectivity index (χ2v) is 9.29. The molecule has 204 valence electrons. The first-order valence-electron chi connectivity index (χ1n) is 14.1. The molecule has 0 heterocycles. The lowest BCUT2D eigenvalue weighted by molar-refractivity contribution is 1.09. The van der Waals surface area contributed by atoms with E-state index in [0.717, 1.165) is 19.3 Å². The molecule has 0 nitrogen and oxygen atoms in total. The van der Waals surface area contributed by atoms with Crippen molar-refractivity contribution in [1.29, 1.82) is 0 Å². The van der Waals surface area contributed by atoms with Crippen molar-refractivity contribution in [2.45, 2.75) is 81.1 Å². The van der Waals surface area contributed by atoms with Crippen molar-refractivity contribution in [2.75, 3.05) is 0 Å². The average Bonchev–Trinajstić information content (AvgIpc) is 2.95. The fraction of sp³-hybridized carbons (Fsp3) is 0.316. The second-order valence-electron chi connectivity index (χ2n) is 9.29. The molecule has 0 bridgehead atoms. The fourth-order valence-electron chi connectivity index (χ4n) is 3.64. The van der Waals surface area contributed by atoms with Crippen LogP contribution >= 0.6 is 0 Å². The highest BCUT2D eigenvalue weighted by molar-refractivity contribution is 5.88. The van der Waals surface area contributed by atoms with Crippen LogP contribution in [0.5, 0.6) is 0 Å². The van der Waals surface area contributed by atoms with Gasteiger partial charge in [0.2, 0.25) is 0 Å². The highest BCUT2D eigenvalue weighted by atomic mass is 14.0. The Kier molecular flexibility index (Phi) is 19.8. The van der Waals surface area contributed by atoms with E-state index in [1.165, 1.54) is 50.6 Å². The van der Waals surface area contributed by atoms with Crippen LogP contribution in [0.15, 0.2) is 110 Å². The molecular weight excluding hydrogens is 456 g/mol. The van der Waals surface area contributed by atoms with E-state index in [9.17, 15) is 0 Å². The molecule has 38 heavy (non-hydrogen) atoms. The maximum atomic E-state index is 3.36. The molecule has 4 aromatic carbocycles. The smallest absolute Gasteiger partial charge is 0.0125 e. The summed E-state index contributed by atoms with van der Waals surface area (Å²) >= 11 is 0. The van der Waals surface area contributed by atoms with E-state index in [4.69, 9.17) is 0 Å². The van der Waals surface area contributed by atoms with Gasteiger partial charge in [0.1, 0.15) is 0 Å². The molecule has 0 saturated heterocycles. The lowest BCUT2D eigenvalue weighted by Gasteiger charge is -2.04. The summed E-state index contributed by atoms with van der Waals surface area (Å²) in [5.74, 6) is 0. The van der Waals surface area contributed by atoms with Gasteiger partial charge in [0.15, 0.2) is 0 Å². The monoisotopic (exact) mass is 508 g/mol. The number of rotatable bonds is 4. The van der Waals surface area contributed by atoms with E-state index in [1.54, 1.807) is 12.2 Å². The number of fused-ring (bicyclic) bond motifs is 1. The lowest BCUT2D eigenvalue weighted by Crippen LogP contribution is -1.83. The van der Waals surface area contributed by atoms with Crippen molar-refractivity contribution in [3.8, 4) is 0 Å². The number of aryl methyl sites for hydroxylation is 6. The van der Waals surface area contributed by atoms with Gasteiger partial charge in [-0.1, -0.05) is 157 Å². The van der Waals surface area contributed by atoms with Gasteiger partial charge >= 0.3 is 0 Å². The molecule has 0 unspecified atom stereocenters. The van der Waals surface area contributed by atoms with E-state index >= 15 is 0 Å². The van der Waals surface area contributed by atoms with Crippen LogP contribution in [0.1, 0.15) is 74.4 Å². The van der Waals surface area contributed by atoms with Crippen molar-refractivity contribution in [3.63, 3.8) is 0 Å². The highest BCUT2D eigenvalue weighted by Crippen LogP contribution is 2.21. The van der Waals surface area contributed by atoms with E-state index in [1.807, 2.05) is 0 Å². The normalized spacial score (nSPS) is 9.16. The summed E-state index contributed by atoms with van der Waals surface area (Å²) in [5, 5.41) is 2.75. The van der Waals surface area contributed by atoms with Crippen molar-refractivity contribution < 1.29 is 0 Å². The summed E-state index contributed by atoms with van der Waals surface area (Å²) in [6, 6.07) is 30.3. The minimum Gasteiger partial charge on any atom is -0.0991 e. The Hall–Kier alpha value is -3.38. The number of hydrogen-bond donors (Lipinski definition) is 0. The molecule has 0 aliphatic heterocycles. The first kappa shape index (κ1) is 34.6. The molecule has 0 fully saturated rings. The minimum atomic E-state index is 1.14. The fourth-order valence-corrected chi connectivity index (χ4v) is 3.64. The third-order valence-corrected chi connectivity index (χ3v) is 5.82. The maximum Gasteiger partial charge on any atom is -0.0125 e. The Balaban J connectivity index is 0.000000486. The molecule has 0 atom stereocenters. The molecular formula is C38H52. The van der Waals surface area contributed by atoms with Gasteiger partial charge in [0.05, 0.1) is 0 Å². The maximum absolute atomic E-state index is 3.36.